The number of carbonyl (C=O) groups excluding carboxylic acids is 1. The molecular weight excluding hydrogens is 472 g/mol. The van der Waals surface area contributed by atoms with Gasteiger partial charge in [0.25, 0.3) is 0 Å². The van der Waals surface area contributed by atoms with Gasteiger partial charge in [0.1, 0.15) is 0 Å². The lowest BCUT2D eigenvalue weighted by Gasteiger charge is -2.05. The highest BCUT2D eigenvalue weighted by molar-refractivity contribution is 5.96. The first-order chi connectivity index (χ1) is 18.2. The van der Waals surface area contributed by atoms with Gasteiger partial charge in [0.05, 0.1) is 29.9 Å². The van der Waals surface area contributed by atoms with Gasteiger partial charge in [0.15, 0.2) is 0 Å². The highest BCUT2D eigenvalue weighted by Crippen LogP contribution is 2.37. The van der Waals surface area contributed by atoms with Crippen molar-refractivity contribution in [2.24, 2.45) is 0 Å². The Kier molecular flexibility index (Phi) is 6.82. The fraction of sp³-hybridized carbons (Fsp3) is 0.344. The molecular formula is C32H36N4O2. The van der Waals surface area contributed by atoms with Crippen molar-refractivity contribution in [1.82, 2.24) is 19.9 Å². The molecule has 0 aromatic carbocycles. The number of ether oxygens (including phenoxy) is 1. The zero-order chi connectivity index (χ0) is 27.1. The van der Waals surface area contributed by atoms with Crippen LogP contribution in [0, 0.1) is 13.8 Å². The van der Waals surface area contributed by atoms with Crippen LogP contribution in [0.4, 0.5) is 0 Å². The van der Waals surface area contributed by atoms with E-state index in [0.29, 0.717) is 12.8 Å². The van der Waals surface area contributed by atoms with Crippen LogP contribution >= 0.6 is 0 Å². The lowest BCUT2D eigenvalue weighted by Crippen LogP contribution is -2.00. The summed E-state index contributed by atoms with van der Waals surface area (Å²) in [5.74, 6) is -0.221. The van der Waals surface area contributed by atoms with Gasteiger partial charge in [0.2, 0.25) is 0 Å². The average molecular weight is 509 g/mol. The fourth-order valence-electron chi connectivity index (χ4n) is 5.66. The van der Waals surface area contributed by atoms with Crippen LogP contribution in [0.5, 0.6) is 0 Å². The Morgan fingerprint density at radius 1 is 0.763 bits per heavy atom. The molecule has 0 fully saturated rings. The summed E-state index contributed by atoms with van der Waals surface area (Å²) >= 11 is 0. The Labute approximate surface area is 223 Å². The molecule has 2 aliphatic heterocycles. The molecule has 0 unspecified atom stereocenters. The summed E-state index contributed by atoms with van der Waals surface area (Å²) in [6.45, 7) is 12.9. The van der Waals surface area contributed by atoms with Crippen LogP contribution in [0.15, 0.2) is 30.3 Å². The lowest BCUT2D eigenvalue weighted by atomic mass is 9.99. The van der Waals surface area contributed by atoms with Crippen molar-refractivity contribution in [1.29, 1.82) is 0 Å². The third-order valence-corrected chi connectivity index (χ3v) is 7.95. The minimum atomic E-state index is -0.221. The molecule has 196 valence electrons. The van der Waals surface area contributed by atoms with Crippen LogP contribution in [-0.2, 0) is 16.0 Å². The molecule has 5 rings (SSSR count). The van der Waals surface area contributed by atoms with Gasteiger partial charge < -0.3 is 14.7 Å². The number of rotatable bonds is 5. The van der Waals surface area contributed by atoms with Crippen molar-refractivity contribution in [2.75, 3.05) is 7.11 Å². The van der Waals surface area contributed by atoms with E-state index in [1.54, 1.807) is 0 Å². The zero-order valence-electron chi connectivity index (χ0n) is 23.4. The topological polar surface area (TPSA) is 83.7 Å². The second-order valence-corrected chi connectivity index (χ2v) is 10.2. The normalized spacial score (nSPS) is 13.4. The molecule has 0 spiro atoms. The number of H-pyrrole nitrogens is 2. The molecule has 0 saturated heterocycles. The Morgan fingerprint density at radius 2 is 1.42 bits per heavy atom. The summed E-state index contributed by atoms with van der Waals surface area (Å²) in [4.78, 5) is 29.4. The van der Waals surface area contributed by atoms with E-state index in [4.69, 9.17) is 14.7 Å². The second-order valence-electron chi connectivity index (χ2n) is 10.2. The standard InChI is InChI=1S/C32H36N4O2/c1-8-22-18(4)26-13-21-12-17(3)25(33-21)14-27-20(6)24(10-11-32(37)38-7)31(36-27)16-30-23(9-2)19(5)28(35-30)15-29(22)34-26/h12-16,33-34H,8-11H2,1-7H3. The molecule has 3 aromatic rings. The van der Waals surface area contributed by atoms with Crippen molar-refractivity contribution in [3.8, 4) is 0 Å². The Morgan fingerprint density at radius 3 is 2.08 bits per heavy atom. The van der Waals surface area contributed by atoms with Gasteiger partial charge in [-0.25, -0.2) is 9.97 Å². The van der Waals surface area contributed by atoms with Crippen LogP contribution < -0.4 is 0 Å². The molecule has 0 radical (unpaired) electrons. The number of aromatic amines is 2. The Hall–Kier alpha value is -3.93. The third kappa shape index (κ3) is 4.49. The van der Waals surface area contributed by atoms with Gasteiger partial charge in [-0.1, -0.05) is 13.8 Å². The third-order valence-electron chi connectivity index (χ3n) is 7.95. The molecule has 38 heavy (non-hydrogen) atoms. The summed E-state index contributed by atoms with van der Waals surface area (Å²) in [5, 5.41) is 0. The number of aromatic nitrogens is 4. The van der Waals surface area contributed by atoms with Gasteiger partial charge in [-0.15, -0.1) is 0 Å². The predicted molar refractivity (Wildman–Crippen MR) is 156 cm³/mol. The number of fused-ring (bicyclic) bond motifs is 8. The Balaban J connectivity index is 1.88. The van der Waals surface area contributed by atoms with E-state index in [9.17, 15) is 4.79 Å². The van der Waals surface area contributed by atoms with Gasteiger partial charge in [0, 0.05) is 28.5 Å². The van der Waals surface area contributed by atoms with E-state index < -0.39 is 0 Å². The van der Waals surface area contributed by atoms with Crippen molar-refractivity contribution >= 4 is 50.3 Å². The number of hydrogen-bond donors (Lipinski definition) is 2. The van der Waals surface area contributed by atoms with E-state index >= 15 is 0 Å². The van der Waals surface area contributed by atoms with Crippen molar-refractivity contribution in [3.05, 3.63) is 69.8 Å². The zero-order valence-corrected chi connectivity index (χ0v) is 23.4. The highest BCUT2D eigenvalue weighted by Gasteiger charge is 2.21. The first kappa shape index (κ1) is 25.7. The first-order valence-corrected chi connectivity index (χ1v) is 13.4. The van der Waals surface area contributed by atoms with Crippen LogP contribution in [0.2, 0.25) is 0 Å². The number of esters is 1. The van der Waals surface area contributed by atoms with E-state index in [1.807, 2.05) is 0 Å². The van der Waals surface area contributed by atoms with Crippen LogP contribution in [0.25, 0.3) is 44.4 Å². The molecule has 6 heteroatoms. The maximum Gasteiger partial charge on any atom is 0.305 e. The van der Waals surface area contributed by atoms with E-state index in [-0.39, 0.29) is 5.97 Å². The average Bonchev–Trinajstić information content (AvgIpc) is 3.57. The number of hydrogen-bond acceptors (Lipinski definition) is 4. The molecule has 3 aromatic heterocycles. The van der Waals surface area contributed by atoms with Gasteiger partial charge >= 0.3 is 5.97 Å². The number of nitrogens with zero attached hydrogens (tertiary/aromatic N) is 2. The fourth-order valence-corrected chi connectivity index (χ4v) is 5.66. The van der Waals surface area contributed by atoms with E-state index in [2.05, 4.69) is 81.8 Å². The van der Waals surface area contributed by atoms with Gasteiger partial charge in [-0.05, 0) is 116 Å². The minimum absolute atomic E-state index is 0.221. The maximum atomic E-state index is 12.0. The minimum Gasteiger partial charge on any atom is -0.469 e. The summed E-state index contributed by atoms with van der Waals surface area (Å²) in [6.07, 6.45) is 2.69. The highest BCUT2D eigenvalue weighted by atomic mass is 16.5. The van der Waals surface area contributed by atoms with Crippen LogP contribution in [0.3, 0.4) is 0 Å². The van der Waals surface area contributed by atoms with Gasteiger partial charge in [-0.2, -0.15) is 0 Å². The summed E-state index contributed by atoms with van der Waals surface area (Å²) in [5.41, 5.74) is 16.3. The predicted octanol–water partition coefficient (Wildman–Crippen LogP) is 7.72. The molecule has 6 nitrogen and oxygen atoms in total. The number of aryl methyl sites for hydroxylation is 3. The SMILES string of the molecule is CCC1=C(C)c2cc3[nH]c(cc4cc(C)c(cc5nc(cc1n2)C(CCC(=O)OC)=C5C)[nH]4)c(C)c3CC. The Bertz CT molecular complexity index is 1680. The smallest absolute Gasteiger partial charge is 0.305 e. The molecule has 2 aliphatic rings. The number of allylic oxidation sites excluding steroid dienone is 4. The second kappa shape index (κ2) is 10.1. The monoisotopic (exact) mass is 508 g/mol. The summed E-state index contributed by atoms with van der Waals surface area (Å²) < 4.78 is 4.93. The molecule has 2 N–H and O–H groups in total. The quantitative estimate of drug-likeness (QED) is 0.346. The van der Waals surface area contributed by atoms with Crippen LogP contribution in [0.1, 0.15) is 86.4 Å². The first-order valence-electron chi connectivity index (χ1n) is 13.4. The van der Waals surface area contributed by atoms with Crippen molar-refractivity contribution < 1.29 is 9.53 Å². The lowest BCUT2D eigenvalue weighted by molar-refractivity contribution is -0.140. The summed E-state index contributed by atoms with van der Waals surface area (Å²) in [7, 11) is 1.43. The van der Waals surface area contributed by atoms with Gasteiger partial charge in [-0.3, -0.25) is 4.79 Å². The molecule has 0 aliphatic carbocycles. The molecule has 8 bridgehead atoms. The van der Waals surface area contributed by atoms with Crippen LogP contribution in [-0.4, -0.2) is 33.0 Å². The molecule has 0 saturated carbocycles. The largest absolute Gasteiger partial charge is 0.469 e. The van der Waals surface area contributed by atoms with E-state index in [0.717, 1.165) is 74.4 Å². The molecule has 5 heterocycles. The number of nitrogens with one attached hydrogen (secondary N) is 2. The number of methoxy groups -OCH3 is 1. The molecule has 0 amide bonds. The number of carbonyl (C=O) groups is 1. The molecule has 0 atom stereocenters. The van der Waals surface area contributed by atoms with Crippen molar-refractivity contribution in [3.63, 3.8) is 0 Å². The summed E-state index contributed by atoms with van der Waals surface area (Å²) in [6, 6.07) is 10.8. The van der Waals surface area contributed by atoms with E-state index in [1.165, 1.54) is 29.4 Å². The maximum absolute atomic E-state index is 12.0. The van der Waals surface area contributed by atoms with Crippen molar-refractivity contribution in [2.45, 2.75) is 67.2 Å².